The van der Waals surface area contributed by atoms with Crippen LogP contribution < -0.4 is 10.6 Å². The van der Waals surface area contributed by atoms with Crippen LogP contribution in [0.25, 0.3) is 0 Å². The normalized spacial score (nSPS) is 21.3. The van der Waals surface area contributed by atoms with Crippen LogP contribution in [-0.4, -0.2) is 41.7 Å². The molecule has 102 valence electrons. The minimum Gasteiger partial charge on any atom is -0.480 e. The van der Waals surface area contributed by atoms with Gasteiger partial charge in [-0.05, 0) is 12.8 Å². The van der Waals surface area contributed by atoms with Crippen molar-refractivity contribution in [1.82, 2.24) is 10.6 Å². The van der Waals surface area contributed by atoms with Crippen molar-refractivity contribution >= 4 is 17.8 Å². The number of alkyl halides is 3. The standard InChI is InChI=1S/C9H11F3N2O4/c10-9(11,12)8(18)14-5(7(16)17)3-4-1-2-13-6(4)15/h4-5H,1-3H2,(H,13,15)(H,14,18)(H,16,17)/t4-,5-/m0/s1. The Hall–Kier alpha value is -1.80. The van der Waals surface area contributed by atoms with Crippen molar-refractivity contribution in [3.63, 3.8) is 0 Å². The maximum absolute atomic E-state index is 12.0. The van der Waals surface area contributed by atoms with E-state index in [2.05, 4.69) is 5.32 Å². The third kappa shape index (κ3) is 3.60. The van der Waals surface area contributed by atoms with E-state index < -0.39 is 35.9 Å². The van der Waals surface area contributed by atoms with Gasteiger partial charge < -0.3 is 15.7 Å². The maximum atomic E-state index is 12.0. The molecular weight excluding hydrogens is 257 g/mol. The van der Waals surface area contributed by atoms with Crippen molar-refractivity contribution in [3.8, 4) is 0 Å². The molecule has 2 atom stereocenters. The molecule has 0 aromatic carbocycles. The fraction of sp³-hybridized carbons (Fsp3) is 0.667. The van der Waals surface area contributed by atoms with Gasteiger partial charge in [-0.15, -0.1) is 0 Å². The Labute approximate surface area is 99.5 Å². The van der Waals surface area contributed by atoms with Crippen molar-refractivity contribution in [2.75, 3.05) is 6.54 Å². The molecule has 2 amide bonds. The van der Waals surface area contributed by atoms with Gasteiger partial charge in [-0.1, -0.05) is 0 Å². The lowest BCUT2D eigenvalue weighted by Gasteiger charge is -2.17. The van der Waals surface area contributed by atoms with E-state index in [1.165, 1.54) is 5.32 Å². The highest BCUT2D eigenvalue weighted by molar-refractivity contribution is 5.88. The molecule has 0 aromatic heterocycles. The second-order valence-corrected chi connectivity index (χ2v) is 3.87. The zero-order valence-electron chi connectivity index (χ0n) is 9.08. The number of hydrogen-bond acceptors (Lipinski definition) is 3. The zero-order valence-corrected chi connectivity index (χ0v) is 9.08. The number of hydrogen-bond donors (Lipinski definition) is 3. The molecule has 1 fully saturated rings. The van der Waals surface area contributed by atoms with E-state index in [1.807, 2.05) is 0 Å². The van der Waals surface area contributed by atoms with E-state index in [1.54, 1.807) is 0 Å². The Kier molecular flexibility index (Phi) is 4.15. The summed E-state index contributed by atoms with van der Waals surface area (Å²) in [6, 6.07) is -1.73. The summed E-state index contributed by atoms with van der Waals surface area (Å²) in [7, 11) is 0. The summed E-state index contributed by atoms with van der Waals surface area (Å²) in [5.41, 5.74) is 0. The van der Waals surface area contributed by atoms with E-state index >= 15 is 0 Å². The number of nitrogens with one attached hydrogen (secondary N) is 2. The van der Waals surface area contributed by atoms with Gasteiger partial charge in [-0.3, -0.25) is 9.59 Å². The van der Waals surface area contributed by atoms with Crippen molar-refractivity contribution < 1.29 is 32.7 Å². The van der Waals surface area contributed by atoms with Crippen LogP contribution in [0.15, 0.2) is 0 Å². The van der Waals surface area contributed by atoms with Gasteiger partial charge in [0.2, 0.25) is 5.91 Å². The SMILES string of the molecule is O=C1NCC[C@H]1C[C@H](NC(=O)C(F)(F)F)C(=O)O. The maximum Gasteiger partial charge on any atom is 0.471 e. The number of carboxylic acids is 1. The summed E-state index contributed by atoms with van der Waals surface area (Å²) in [4.78, 5) is 32.6. The van der Waals surface area contributed by atoms with Crippen LogP contribution in [0.2, 0.25) is 0 Å². The van der Waals surface area contributed by atoms with Crippen LogP contribution in [0.3, 0.4) is 0 Å². The molecule has 0 unspecified atom stereocenters. The summed E-state index contributed by atoms with van der Waals surface area (Å²) in [6.07, 6.45) is -5.17. The molecule has 0 aromatic rings. The largest absolute Gasteiger partial charge is 0.480 e. The Balaban J connectivity index is 2.63. The molecule has 1 aliphatic heterocycles. The van der Waals surface area contributed by atoms with Gasteiger partial charge in [0.25, 0.3) is 0 Å². The van der Waals surface area contributed by atoms with Crippen LogP contribution in [0.5, 0.6) is 0 Å². The van der Waals surface area contributed by atoms with Gasteiger partial charge in [-0.2, -0.15) is 13.2 Å². The number of amides is 2. The van der Waals surface area contributed by atoms with Crippen LogP contribution >= 0.6 is 0 Å². The molecule has 6 nitrogen and oxygen atoms in total. The topological polar surface area (TPSA) is 95.5 Å². The molecule has 1 rings (SSSR count). The molecule has 1 aliphatic rings. The van der Waals surface area contributed by atoms with Gasteiger partial charge in [0.1, 0.15) is 6.04 Å². The van der Waals surface area contributed by atoms with Crippen molar-refractivity contribution in [3.05, 3.63) is 0 Å². The number of rotatable bonds is 4. The van der Waals surface area contributed by atoms with Crippen LogP contribution in [0.1, 0.15) is 12.8 Å². The number of carbonyl (C=O) groups is 3. The third-order valence-corrected chi connectivity index (χ3v) is 2.54. The summed E-state index contributed by atoms with van der Waals surface area (Å²) in [6.45, 7) is 0.350. The van der Waals surface area contributed by atoms with Gasteiger partial charge >= 0.3 is 18.1 Å². The molecule has 1 heterocycles. The number of carbonyl (C=O) groups excluding carboxylic acids is 2. The molecule has 9 heteroatoms. The fourth-order valence-corrected chi connectivity index (χ4v) is 1.62. The second-order valence-electron chi connectivity index (χ2n) is 3.87. The van der Waals surface area contributed by atoms with E-state index in [0.29, 0.717) is 13.0 Å². The first kappa shape index (κ1) is 14.3. The number of aliphatic carboxylic acids is 1. The zero-order chi connectivity index (χ0) is 13.9. The molecule has 0 spiro atoms. The lowest BCUT2D eigenvalue weighted by atomic mass is 9.98. The van der Waals surface area contributed by atoms with Crippen LogP contribution in [0, 0.1) is 5.92 Å². The first-order valence-electron chi connectivity index (χ1n) is 5.10. The molecular formula is C9H11F3N2O4. The van der Waals surface area contributed by atoms with E-state index in [4.69, 9.17) is 5.11 Å². The fourth-order valence-electron chi connectivity index (χ4n) is 1.62. The van der Waals surface area contributed by atoms with E-state index in [0.717, 1.165) is 0 Å². The number of halogens is 3. The quantitative estimate of drug-likeness (QED) is 0.649. The van der Waals surface area contributed by atoms with Crippen LogP contribution in [0.4, 0.5) is 13.2 Å². The highest BCUT2D eigenvalue weighted by Gasteiger charge is 2.41. The Bertz CT molecular complexity index is 369. The van der Waals surface area contributed by atoms with Gasteiger partial charge in [-0.25, -0.2) is 4.79 Å². The third-order valence-electron chi connectivity index (χ3n) is 2.54. The first-order chi connectivity index (χ1) is 8.21. The molecule has 0 aliphatic carbocycles. The minimum atomic E-state index is -5.15. The van der Waals surface area contributed by atoms with Crippen molar-refractivity contribution in [2.45, 2.75) is 25.1 Å². The first-order valence-corrected chi connectivity index (χ1v) is 5.10. The van der Waals surface area contributed by atoms with Gasteiger partial charge in [0.05, 0.1) is 0 Å². The summed E-state index contributed by atoms with van der Waals surface area (Å²) in [5.74, 6) is -5.04. The van der Waals surface area contributed by atoms with Gasteiger partial charge in [0.15, 0.2) is 0 Å². The van der Waals surface area contributed by atoms with Crippen LogP contribution in [-0.2, 0) is 14.4 Å². The Morgan fingerprint density at radius 1 is 1.50 bits per heavy atom. The summed E-state index contributed by atoms with van der Waals surface area (Å²) in [5, 5.41) is 12.5. The summed E-state index contributed by atoms with van der Waals surface area (Å²) >= 11 is 0. The average Bonchev–Trinajstić information content (AvgIpc) is 2.61. The summed E-state index contributed by atoms with van der Waals surface area (Å²) < 4.78 is 35.9. The smallest absolute Gasteiger partial charge is 0.471 e. The molecule has 18 heavy (non-hydrogen) atoms. The molecule has 0 bridgehead atoms. The molecule has 0 saturated carbocycles. The lowest BCUT2D eigenvalue weighted by Crippen LogP contribution is -2.48. The lowest BCUT2D eigenvalue weighted by molar-refractivity contribution is -0.175. The predicted octanol–water partition coefficient (Wildman–Crippen LogP) is -0.356. The molecule has 3 N–H and O–H groups in total. The predicted molar refractivity (Wildman–Crippen MR) is 51.4 cm³/mol. The van der Waals surface area contributed by atoms with Crippen molar-refractivity contribution in [1.29, 1.82) is 0 Å². The monoisotopic (exact) mass is 268 g/mol. The van der Waals surface area contributed by atoms with Crippen molar-refractivity contribution in [2.24, 2.45) is 5.92 Å². The molecule has 0 radical (unpaired) electrons. The van der Waals surface area contributed by atoms with E-state index in [9.17, 15) is 27.6 Å². The highest BCUT2D eigenvalue weighted by atomic mass is 19.4. The Morgan fingerprint density at radius 2 is 2.11 bits per heavy atom. The Morgan fingerprint density at radius 3 is 2.50 bits per heavy atom. The van der Waals surface area contributed by atoms with Gasteiger partial charge in [0, 0.05) is 12.5 Å². The van der Waals surface area contributed by atoms with E-state index in [-0.39, 0.29) is 6.42 Å². The molecule has 1 saturated heterocycles. The minimum absolute atomic E-state index is 0.338. The highest BCUT2D eigenvalue weighted by Crippen LogP contribution is 2.19. The average molecular weight is 268 g/mol. The second kappa shape index (κ2) is 5.23. The number of carboxylic acid groups (broad SMARTS) is 1.